The maximum Gasteiger partial charge on any atom is -0.00734 e. The Labute approximate surface area is 158 Å². The summed E-state index contributed by atoms with van der Waals surface area (Å²) in [4.78, 5) is 0. The van der Waals surface area contributed by atoms with Crippen LogP contribution in [0.15, 0.2) is 78.9 Å². The summed E-state index contributed by atoms with van der Waals surface area (Å²) in [7, 11) is 0. The van der Waals surface area contributed by atoms with Crippen LogP contribution >= 0.6 is 0 Å². The summed E-state index contributed by atoms with van der Waals surface area (Å²) in [6.07, 6.45) is 3.57. The van der Waals surface area contributed by atoms with Crippen molar-refractivity contribution < 1.29 is 0 Å². The van der Waals surface area contributed by atoms with Crippen LogP contribution in [0.2, 0.25) is 0 Å². The molecule has 0 saturated carbocycles. The average Bonchev–Trinajstić information content (AvgIpc) is 2.69. The molecule has 3 rings (SSSR count). The van der Waals surface area contributed by atoms with Crippen molar-refractivity contribution in [1.82, 2.24) is 0 Å². The first-order valence-electron chi connectivity index (χ1n) is 9.62. The van der Waals surface area contributed by atoms with Crippen molar-refractivity contribution in [2.75, 3.05) is 0 Å². The molecule has 0 atom stereocenters. The van der Waals surface area contributed by atoms with Gasteiger partial charge in [0.05, 0.1) is 0 Å². The fourth-order valence-corrected chi connectivity index (χ4v) is 3.48. The van der Waals surface area contributed by atoms with Gasteiger partial charge >= 0.3 is 0 Å². The third-order valence-corrected chi connectivity index (χ3v) is 5.01. The Morgan fingerprint density at radius 1 is 0.731 bits per heavy atom. The van der Waals surface area contributed by atoms with Crippen LogP contribution in [-0.2, 0) is 6.42 Å². The molecule has 0 saturated heterocycles. The molecule has 0 fully saturated rings. The van der Waals surface area contributed by atoms with Gasteiger partial charge in [-0.2, -0.15) is 0 Å². The van der Waals surface area contributed by atoms with Gasteiger partial charge in [0.15, 0.2) is 0 Å². The molecule has 0 aliphatic heterocycles. The molecule has 0 spiro atoms. The van der Waals surface area contributed by atoms with Gasteiger partial charge in [0, 0.05) is 0 Å². The quantitative estimate of drug-likeness (QED) is 0.412. The Hall–Kier alpha value is -2.60. The summed E-state index contributed by atoms with van der Waals surface area (Å²) in [5, 5.41) is 0. The first-order chi connectivity index (χ1) is 12.7. The number of hydrogen-bond donors (Lipinski definition) is 0. The third kappa shape index (κ3) is 4.14. The highest BCUT2D eigenvalue weighted by Gasteiger charge is 2.13. The van der Waals surface area contributed by atoms with E-state index in [2.05, 4.69) is 99.6 Å². The standard InChI is InChI=1S/C26H28/c1-4-5-11-23-12-9-10-15-25(23)26(24-13-7-6-8-14-24)21(3)22-18-16-20(2)17-19-22/h6-10,12-19H,4-5,11H2,1-3H3/b26-21+. The monoisotopic (exact) mass is 340 g/mol. The van der Waals surface area contributed by atoms with Gasteiger partial charge in [0.25, 0.3) is 0 Å². The fraction of sp³-hybridized carbons (Fsp3) is 0.231. The van der Waals surface area contributed by atoms with Crippen molar-refractivity contribution in [3.05, 3.63) is 107 Å². The van der Waals surface area contributed by atoms with Gasteiger partial charge < -0.3 is 0 Å². The van der Waals surface area contributed by atoms with Crippen molar-refractivity contribution in [2.24, 2.45) is 0 Å². The van der Waals surface area contributed by atoms with Crippen molar-refractivity contribution in [1.29, 1.82) is 0 Å². The van der Waals surface area contributed by atoms with E-state index in [1.54, 1.807) is 0 Å². The minimum atomic E-state index is 1.13. The molecule has 3 aromatic carbocycles. The van der Waals surface area contributed by atoms with E-state index in [0.29, 0.717) is 0 Å². The lowest BCUT2D eigenvalue weighted by Crippen LogP contribution is -1.98. The van der Waals surface area contributed by atoms with Crippen LogP contribution < -0.4 is 0 Å². The number of rotatable bonds is 6. The minimum absolute atomic E-state index is 1.13. The van der Waals surface area contributed by atoms with E-state index in [0.717, 1.165) is 6.42 Å². The Balaban J connectivity index is 2.20. The molecule has 0 heteroatoms. The zero-order chi connectivity index (χ0) is 18.4. The fourth-order valence-electron chi connectivity index (χ4n) is 3.48. The number of allylic oxidation sites excluding steroid dienone is 1. The van der Waals surface area contributed by atoms with Crippen molar-refractivity contribution in [2.45, 2.75) is 40.0 Å². The summed E-state index contributed by atoms with van der Waals surface area (Å²) in [6.45, 7) is 6.65. The summed E-state index contributed by atoms with van der Waals surface area (Å²) >= 11 is 0. The van der Waals surface area contributed by atoms with E-state index in [-0.39, 0.29) is 0 Å². The van der Waals surface area contributed by atoms with E-state index < -0.39 is 0 Å². The lowest BCUT2D eigenvalue weighted by Gasteiger charge is -2.18. The van der Waals surface area contributed by atoms with Crippen molar-refractivity contribution >= 4 is 11.1 Å². The Bertz CT molecular complexity index is 867. The molecule has 0 aromatic heterocycles. The lowest BCUT2D eigenvalue weighted by atomic mass is 9.86. The van der Waals surface area contributed by atoms with Crippen LogP contribution in [0.1, 0.15) is 54.5 Å². The van der Waals surface area contributed by atoms with Crippen LogP contribution in [0.3, 0.4) is 0 Å². The molecule has 3 aromatic rings. The molecule has 26 heavy (non-hydrogen) atoms. The van der Waals surface area contributed by atoms with E-state index >= 15 is 0 Å². The summed E-state index contributed by atoms with van der Waals surface area (Å²) < 4.78 is 0. The molecule has 0 nitrogen and oxygen atoms in total. The molecule has 0 heterocycles. The second-order valence-corrected chi connectivity index (χ2v) is 6.99. The Morgan fingerprint density at radius 3 is 2.08 bits per heavy atom. The summed E-state index contributed by atoms with van der Waals surface area (Å²) in [5.41, 5.74) is 9.37. The van der Waals surface area contributed by atoms with Gasteiger partial charge in [-0.25, -0.2) is 0 Å². The van der Waals surface area contributed by atoms with Crippen LogP contribution in [0.25, 0.3) is 11.1 Å². The topological polar surface area (TPSA) is 0 Å². The van der Waals surface area contributed by atoms with E-state index in [9.17, 15) is 0 Å². The van der Waals surface area contributed by atoms with Gasteiger partial charge in [0.2, 0.25) is 0 Å². The first kappa shape index (κ1) is 18.2. The van der Waals surface area contributed by atoms with Gasteiger partial charge in [-0.3, -0.25) is 0 Å². The second kappa shape index (κ2) is 8.67. The van der Waals surface area contributed by atoms with Crippen LogP contribution in [0, 0.1) is 6.92 Å². The van der Waals surface area contributed by atoms with Gasteiger partial charge in [0.1, 0.15) is 0 Å². The van der Waals surface area contributed by atoms with Crippen LogP contribution in [0.4, 0.5) is 0 Å². The molecule has 0 radical (unpaired) electrons. The normalized spacial score (nSPS) is 12.0. The number of benzene rings is 3. The zero-order valence-corrected chi connectivity index (χ0v) is 16.1. The van der Waals surface area contributed by atoms with E-state index in [4.69, 9.17) is 0 Å². The van der Waals surface area contributed by atoms with Crippen molar-refractivity contribution in [3.8, 4) is 0 Å². The average molecular weight is 341 g/mol. The Kier molecular flexibility index (Phi) is 6.07. The van der Waals surface area contributed by atoms with E-state index in [1.807, 2.05) is 0 Å². The first-order valence-corrected chi connectivity index (χ1v) is 9.62. The van der Waals surface area contributed by atoms with E-state index in [1.165, 1.54) is 51.8 Å². The minimum Gasteiger partial charge on any atom is -0.0654 e. The number of hydrogen-bond acceptors (Lipinski definition) is 0. The number of aryl methyl sites for hydroxylation is 2. The Morgan fingerprint density at radius 2 is 1.38 bits per heavy atom. The zero-order valence-electron chi connectivity index (χ0n) is 16.1. The SMILES string of the molecule is CCCCc1ccccc1/C(=C(\C)c1ccc(C)cc1)c1ccccc1. The smallest absolute Gasteiger partial charge is 0.00734 e. The third-order valence-electron chi connectivity index (χ3n) is 5.01. The highest BCUT2D eigenvalue weighted by Crippen LogP contribution is 2.34. The van der Waals surface area contributed by atoms with Gasteiger partial charge in [-0.15, -0.1) is 0 Å². The van der Waals surface area contributed by atoms with Crippen LogP contribution in [0.5, 0.6) is 0 Å². The summed E-state index contributed by atoms with van der Waals surface area (Å²) in [5.74, 6) is 0. The highest BCUT2D eigenvalue weighted by molar-refractivity contribution is 5.98. The molecular weight excluding hydrogens is 312 g/mol. The second-order valence-electron chi connectivity index (χ2n) is 6.99. The lowest BCUT2D eigenvalue weighted by molar-refractivity contribution is 0.794. The molecule has 0 bridgehead atoms. The molecule has 0 N–H and O–H groups in total. The number of unbranched alkanes of at least 4 members (excludes halogenated alkanes) is 1. The molecule has 0 aliphatic carbocycles. The van der Waals surface area contributed by atoms with Crippen molar-refractivity contribution in [3.63, 3.8) is 0 Å². The maximum atomic E-state index is 2.29. The maximum absolute atomic E-state index is 2.29. The molecule has 0 aliphatic rings. The van der Waals surface area contributed by atoms with Gasteiger partial charge in [-0.1, -0.05) is 97.8 Å². The molecule has 132 valence electrons. The molecule has 0 amide bonds. The largest absolute Gasteiger partial charge is 0.0654 e. The predicted molar refractivity (Wildman–Crippen MR) is 114 cm³/mol. The van der Waals surface area contributed by atoms with Crippen LogP contribution in [-0.4, -0.2) is 0 Å². The summed E-state index contributed by atoms with van der Waals surface area (Å²) in [6, 6.07) is 28.6. The molecular formula is C26H28. The molecule has 0 unspecified atom stereocenters. The highest BCUT2D eigenvalue weighted by atomic mass is 14.2. The van der Waals surface area contributed by atoms with Gasteiger partial charge in [-0.05, 0) is 60.1 Å². The predicted octanol–water partition coefficient (Wildman–Crippen LogP) is 7.32.